The molecule has 2 atom stereocenters. The summed E-state index contributed by atoms with van der Waals surface area (Å²) in [5.41, 5.74) is 1.69. The van der Waals surface area contributed by atoms with Crippen molar-refractivity contribution in [3.63, 3.8) is 0 Å². The zero-order valence-corrected chi connectivity index (χ0v) is 12.2. The number of alkyl halides is 2. The van der Waals surface area contributed by atoms with Crippen LogP contribution in [-0.4, -0.2) is 37.2 Å². The Hall–Kier alpha value is -0.360. The molecule has 0 aromatic heterocycles. The van der Waals surface area contributed by atoms with Gasteiger partial charge in [-0.15, -0.1) is 23.2 Å². The topological polar surface area (TPSA) is 36.9 Å². The highest BCUT2D eigenvalue weighted by molar-refractivity contribution is 6.31. The molecule has 108 valence electrons. The third kappa shape index (κ3) is 1.52. The van der Waals surface area contributed by atoms with Gasteiger partial charge in [0.25, 0.3) is 0 Å². The minimum atomic E-state index is -1.01. The standard InChI is InChI=1S/C14H14Cl2O4/c15-11-12(16)14(19-7-8-20-14)10-4-2-1-3-9(10)13(11)17-5-6-18-13/h1-4,11-12H,5-8H2. The first kappa shape index (κ1) is 13.3. The maximum absolute atomic E-state index is 6.59. The molecule has 0 saturated carbocycles. The third-order valence-corrected chi connectivity index (χ3v) is 5.30. The summed E-state index contributed by atoms with van der Waals surface area (Å²) >= 11 is 13.2. The van der Waals surface area contributed by atoms with E-state index in [4.69, 9.17) is 42.1 Å². The molecule has 0 N–H and O–H groups in total. The molecule has 4 nitrogen and oxygen atoms in total. The summed E-state index contributed by atoms with van der Waals surface area (Å²) in [6.07, 6.45) is 0. The largest absolute Gasteiger partial charge is 0.342 e. The molecule has 20 heavy (non-hydrogen) atoms. The number of rotatable bonds is 0. The first-order valence-corrected chi connectivity index (χ1v) is 7.52. The van der Waals surface area contributed by atoms with E-state index in [-0.39, 0.29) is 0 Å². The van der Waals surface area contributed by atoms with Gasteiger partial charge in [0.05, 0.1) is 26.4 Å². The Balaban J connectivity index is 1.95. The molecule has 3 aliphatic rings. The van der Waals surface area contributed by atoms with Crippen LogP contribution >= 0.6 is 23.2 Å². The monoisotopic (exact) mass is 316 g/mol. The first-order valence-electron chi connectivity index (χ1n) is 6.65. The van der Waals surface area contributed by atoms with Gasteiger partial charge in [0.1, 0.15) is 10.8 Å². The van der Waals surface area contributed by atoms with Gasteiger partial charge in [-0.25, -0.2) is 0 Å². The van der Waals surface area contributed by atoms with Gasteiger partial charge in [0, 0.05) is 11.1 Å². The molecule has 2 spiro atoms. The van der Waals surface area contributed by atoms with E-state index in [1.807, 2.05) is 24.3 Å². The lowest BCUT2D eigenvalue weighted by atomic mass is 9.81. The number of fused-ring (bicyclic) bond motifs is 3. The van der Waals surface area contributed by atoms with E-state index in [0.29, 0.717) is 26.4 Å². The number of ether oxygens (including phenoxy) is 4. The van der Waals surface area contributed by atoms with Crippen molar-refractivity contribution in [2.45, 2.75) is 22.3 Å². The molecule has 0 bridgehead atoms. The molecule has 2 fully saturated rings. The molecule has 0 radical (unpaired) electrons. The molecular formula is C14H14Cl2O4. The number of hydrogen-bond donors (Lipinski definition) is 0. The van der Waals surface area contributed by atoms with Crippen LogP contribution < -0.4 is 0 Å². The van der Waals surface area contributed by atoms with Crippen LogP contribution in [0.2, 0.25) is 0 Å². The fourth-order valence-corrected chi connectivity index (χ4v) is 4.08. The van der Waals surface area contributed by atoms with Gasteiger partial charge >= 0.3 is 0 Å². The molecule has 0 amide bonds. The summed E-state index contributed by atoms with van der Waals surface area (Å²) in [5.74, 6) is -2.02. The molecule has 1 aliphatic carbocycles. The van der Waals surface area contributed by atoms with E-state index in [0.717, 1.165) is 11.1 Å². The normalized spacial score (nSPS) is 33.7. The highest BCUT2D eigenvalue weighted by Crippen LogP contribution is 2.55. The van der Waals surface area contributed by atoms with Crippen molar-refractivity contribution in [2.24, 2.45) is 0 Å². The van der Waals surface area contributed by atoms with Crippen molar-refractivity contribution in [3.8, 4) is 0 Å². The summed E-state index contributed by atoms with van der Waals surface area (Å²) < 4.78 is 23.4. The van der Waals surface area contributed by atoms with E-state index < -0.39 is 22.3 Å². The quantitative estimate of drug-likeness (QED) is 0.688. The fraction of sp³-hybridized carbons (Fsp3) is 0.571. The van der Waals surface area contributed by atoms with Crippen LogP contribution in [0.1, 0.15) is 11.1 Å². The van der Waals surface area contributed by atoms with Crippen molar-refractivity contribution in [3.05, 3.63) is 35.4 Å². The zero-order valence-electron chi connectivity index (χ0n) is 10.7. The third-order valence-electron chi connectivity index (χ3n) is 4.09. The number of benzene rings is 1. The van der Waals surface area contributed by atoms with E-state index in [9.17, 15) is 0 Å². The van der Waals surface area contributed by atoms with Gasteiger partial charge in [-0.3, -0.25) is 0 Å². The van der Waals surface area contributed by atoms with E-state index in [1.54, 1.807) is 0 Å². The van der Waals surface area contributed by atoms with Gasteiger partial charge in [-0.05, 0) is 0 Å². The van der Waals surface area contributed by atoms with Crippen LogP contribution in [0.15, 0.2) is 24.3 Å². The molecular weight excluding hydrogens is 303 g/mol. The molecule has 1 aromatic rings. The van der Waals surface area contributed by atoms with E-state index >= 15 is 0 Å². The Morgan fingerprint density at radius 3 is 1.45 bits per heavy atom. The second-order valence-corrected chi connectivity index (χ2v) is 6.02. The van der Waals surface area contributed by atoms with Crippen molar-refractivity contribution >= 4 is 23.2 Å². The van der Waals surface area contributed by atoms with Crippen LogP contribution in [0, 0.1) is 0 Å². The molecule has 4 rings (SSSR count). The SMILES string of the molecule is ClC1C(Cl)C2(OCCO2)c2ccccc2C12OCCO2. The maximum Gasteiger partial charge on any atom is 0.214 e. The number of hydrogen-bond acceptors (Lipinski definition) is 4. The van der Waals surface area contributed by atoms with Crippen molar-refractivity contribution in [1.29, 1.82) is 0 Å². The minimum Gasteiger partial charge on any atom is -0.342 e. The van der Waals surface area contributed by atoms with Gasteiger partial charge in [0.15, 0.2) is 0 Å². The lowest BCUT2D eigenvalue weighted by Gasteiger charge is -2.47. The molecule has 2 saturated heterocycles. The molecule has 1 aromatic carbocycles. The number of halogens is 2. The van der Waals surface area contributed by atoms with Crippen LogP contribution in [0.3, 0.4) is 0 Å². The van der Waals surface area contributed by atoms with Crippen molar-refractivity contribution in [1.82, 2.24) is 0 Å². The van der Waals surface area contributed by atoms with Gasteiger partial charge in [0.2, 0.25) is 11.6 Å². The first-order chi connectivity index (χ1) is 9.71. The summed E-state index contributed by atoms with van der Waals surface area (Å²) in [4.78, 5) is 0. The van der Waals surface area contributed by atoms with Crippen molar-refractivity contribution in [2.75, 3.05) is 26.4 Å². The smallest absolute Gasteiger partial charge is 0.214 e. The van der Waals surface area contributed by atoms with Crippen LogP contribution in [0.25, 0.3) is 0 Å². The van der Waals surface area contributed by atoms with Gasteiger partial charge in [-0.1, -0.05) is 24.3 Å². The fourth-order valence-electron chi connectivity index (χ4n) is 3.26. The molecule has 2 unspecified atom stereocenters. The predicted octanol–water partition coefficient (Wildman–Crippen LogP) is 2.31. The highest BCUT2D eigenvalue weighted by atomic mass is 35.5. The van der Waals surface area contributed by atoms with E-state index in [2.05, 4.69) is 0 Å². The van der Waals surface area contributed by atoms with Gasteiger partial charge in [-0.2, -0.15) is 0 Å². The average Bonchev–Trinajstić information content (AvgIpc) is 3.15. The summed E-state index contributed by atoms with van der Waals surface area (Å²) in [6, 6.07) is 7.72. The highest BCUT2D eigenvalue weighted by Gasteiger charge is 2.63. The second-order valence-electron chi connectivity index (χ2n) is 5.08. The minimum absolute atomic E-state index is 0.496. The van der Waals surface area contributed by atoms with E-state index in [1.165, 1.54) is 0 Å². The Kier molecular flexibility index (Phi) is 3.04. The Morgan fingerprint density at radius 1 is 0.750 bits per heavy atom. The lowest BCUT2D eigenvalue weighted by molar-refractivity contribution is -0.228. The maximum atomic E-state index is 6.59. The van der Waals surface area contributed by atoms with Gasteiger partial charge < -0.3 is 18.9 Å². The molecule has 2 aliphatic heterocycles. The second kappa shape index (κ2) is 4.57. The molecule has 6 heteroatoms. The Bertz CT molecular complexity index is 477. The Labute approximate surface area is 126 Å². The average molecular weight is 317 g/mol. The van der Waals surface area contributed by atoms with Crippen LogP contribution in [0.4, 0.5) is 0 Å². The van der Waals surface area contributed by atoms with Crippen molar-refractivity contribution < 1.29 is 18.9 Å². The summed E-state index contributed by atoms with van der Waals surface area (Å²) in [6.45, 7) is 1.98. The Morgan fingerprint density at radius 2 is 1.10 bits per heavy atom. The lowest BCUT2D eigenvalue weighted by Crippen LogP contribution is -2.57. The molecule has 2 heterocycles. The summed E-state index contributed by atoms with van der Waals surface area (Å²) in [7, 11) is 0. The summed E-state index contributed by atoms with van der Waals surface area (Å²) in [5, 5.41) is -1.20. The predicted molar refractivity (Wildman–Crippen MR) is 72.9 cm³/mol. The van der Waals surface area contributed by atoms with Crippen LogP contribution in [0.5, 0.6) is 0 Å². The zero-order chi connectivity index (χ0) is 13.8. The van der Waals surface area contributed by atoms with Crippen LogP contribution in [-0.2, 0) is 30.5 Å².